The van der Waals surface area contributed by atoms with Crippen LogP contribution in [-0.2, 0) is 13.2 Å². The fourth-order valence-electron chi connectivity index (χ4n) is 3.21. The van der Waals surface area contributed by atoms with E-state index in [0.29, 0.717) is 18.0 Å². The van der Waals surface area contributed by atoms with E-state index >= 15 is 0 Å². The van der Waals surface area contributed by atoms with Crippen LogP contribution in [0.15, 0.2) is 71.1 Å². The number of ether oxygens (including phenoxy) is 1. The van der Waals surface area contributed by atoms with Crippen LogP contribution < -0.4 is 10.1 Å². The summed E-state index contributed by atoms with van der Waals surface area (Å²) in [6.07, 6.45) is 0. The summed E-state index contributed by atoms with van der Waals surface area (Å²) in [5, 5.41) is 7.39. The van der Waals surface area contributed by atoms with Gasteiger partial charge in [0.1, 0.15) is 18.1 Å². The average molecular weight is 527 g/mol. The first-order valence-electron chi connectivity index (χ1n) is 9.85. The van der Waals surface area contributed by atoms with E-state index in [0.717, 1.165) is 26.3 Å². The number of furan rings is 1. The Hall–Kier alpha value is -3.07. The first-order valence-corrected chi connectivity index (χ1v) is 10.9. The number of carbonyl (C=O) groups is 1. The summed E-state index contributed by atoms with van der Waals surface area (Å²) in [7, 11) is 0. The Bertz CT molecular complexity index is 1200. The molecule has 0 fully saturated rings. The molecule has 6 nitrogen and oxygen atoms in total. The lowest BCUT2D eigenvalue weighted by atomic mass is 10.2. The van der Waals surface area contributed by atoms with Gasteiger partial charge in [0, 0.05) is 15.0 Å². The maximum Gasteiger partial charge on any atom is 0.291 e. The van der Waals surface area contributed by atoms with E-state index in [-0.39, 0.29) is 18.3 Å². The highest BCUT2D eigenvalue weighted by molar-refractivity contribution is 14.1. The van der Waals surface area contributed by atoms with Crippen molar-refractivity contribution in [2.45, 2.75) is 27.0 Å². The van der Waals surface area contributed by atoms with Gasteiger partial charge >= 0.3 is 0 Å². The topological polar surface area (TPSA) is 69.3 Å². The summed E-state index contributed by atoms with van der Waals surface area (Å²) in [5.41, 5.74) is 3.84. The number of rotatable bonds is 7. The Labute approximate surface area is 194 Å². The van der Waals surface area contributed by atoms with Crippen molar-refractivity contribution in [1.82, 2.24) is 9.78 Å². The lowest BCUT2D eigenvalue weighted by Crippen LogP contribution is -2.11. The monoisotopic (exact) mass is 527 g/mol. The molecular weight excluding hydrogens is 505 g/mol. The lowest BCUT2D eigenvalue weighted by molar-refractivity contribution is 0.0992. The van der Waals surface area contributed by atoms with Gasteiger partial charge in [-0.05, 0) is 96.6 Å². The maximum atomic E-state index is 12.6. The molecule has 0 aliphatic carbocycles. The molecule has 0 bridgehead atoms. The van der Waals surface area contributed by atoms with Gasteiger partial charge in [0.25, 0.3) is 5.91 Å². The molecule has 4 aromatic rings. The number of aromatic nitrogens is 2. The van der Waals surface area contributed by atoms with Crippen molar-refractivity contribution in [2.75, 3.05) is 5.32 Å². The van der Waals surface area contributed by atoms with E-state index in [1.165, 1.54) is 0 Å². The van der Waals surface area contributed by atoms with Gasteiger partial charge in [-0.1, -0.05) is 12.1 Å². The molecule has 0 atom stereocenters. The molecule has 2 heterocycles. The quantitative estimate of drug-likeness (QED) is 0.319. The second-order valence-electron chi connectivity index (χ2n) is 7.25. The number of amides is 1. The van der Waals surface area contributed by atoms with Crippen LogP contribution in [-0.4, -0.2) is 15.7 Å². The van der Waals surface area contributed by atoms with Crippen LogP contribution in [0.3, 0.4) is 0 Å². The van der Waals surface area contributed by atoms with Gasteiger partial charge in [0.2, 0.25) is 0 Å². The van der Waals surface area contributed by atoms with Crippen molar-refractivity contribution >= 4 is 34.2 Å². The average Bonchev–Trinajstić information content (AvgIpc) is 3.34. The molecule has 0 aliphatic heterocycles. The van der Waals surface area contributed by atoms with Crippen molar-refractivity contribution in [3.05, 3.63) is 98.8 Å². The normalized spacial score (nSPS) is 10.8. The Morgan fingerprint density at radius 2 is 1.90 bits per heavy atom. The van der Waals surface area contributed by atoms with E-state index in [1.54, 1.807) is 12.1 Å². The number of hydrogen-bond donors (Lipinski definition) is 1. The Kier molecular flexibility index (Phi) is 6.41. The van der Waals surface area contributed by atoms with Gasteiger partial charge in [-0.3, -0.25) is 9.48 Å². The van der Waals surface area contributed by atoms with Gasteiger partial charge in [0.15, 0.2) is 5.76 Å². The second kappa shape index (κ2) is 9.38. The van der Waals surface area contributed by atoms with Crippen molar-refractivity contribution < 1.29 is 13.9 Å². The molecule has 0 radical (unpaired) electrons. The van der Waals surface area contributed by atoms with Crippen LogP contribution in [0.25, 0.3) is 0 Å². The first kappa shape index (κ1) is 21.2. The summed E-state index contributed by atoms with van der Waals surface area (Å²) >= 11 is 2.24. The SMILES string of the molecule is Cc1cc(C)n(Cc2cccc(NC(=O)c3ccc(COc4ccc(I)cc4)o3)c2)n1. The Morgan fingerprint density at radius 1 is 1.10 bits per heavy atom. The van der Waals surface area contributed by atoms with E-state index in [1.807, 2.05) is 73.1 Å². The minimum atomic E-state index is -0.302. The van der Waals surface area contributed by atoms with Crippen molar-refractivity contribution in [2.24, 2.45) is 0 Å². The zero-order valence-electron chi connectivity index (χ0n) is 17.3. The molecule has 4 rings (SSSR count). The summed E-state index contributed by atoms with van der Waals surface area (Å²) < 4.78 is 14.4. The summed E-state index contributed by atoms with van der Waals surface area (Å²) in [6.45, 7) is 4.90. The Balaban J connectivity index is 1.37. The van der Waals surface area contributed by atoms with Crippen LogP contribution >= 0.6 is 22.6 Å². The van der Waals surface area contributed by atoms with Gasteiger partial charge in [-0.25, -0.2) is 0 Å². The Morgan fingerprint density at radius 3 is 2.65 bits per heavy atom. The molecule has 0 saturated heterocycles. The van der Waals surface area contributed by atoms with Gasteiger partial charge in [-0.2, -0.15) is 5.10 Å². The highest BCUT2D eigenvalue weighted by Crippen LogP contribution is 2.18. The molecule has 7 heteroatoms. The number of aryl methyl sites for hydroxylation is 2. The number of anilines is 1. The smallest absolute Gasteiger partial charge is 0.291 e. The van der Waals surface area contributed by atoms with Crippen LogP contribution in [0.1, 0.15) is 33.3 Å². The molecule has 1 N–H and O–H groups in total. The van der Waals surface area contributed by atoms with E-state index in [4.69, 9.17) is 9.15 Å². The summed E-state index contributed by atoms with van der Waals surface area (Å²) in [5.74, 6) is 1.28. The molecule has 0 spiro atoms. The third-order valence-electron chi connectivity index (χ3n) is 4.70. The first-order chi connectivity index (χ1) is 15.0. The second-order valence-corrected chi connectivity index (χ2v) is 8.49. The fourth-order valence-corrected chi connectivity index (χ4v) is 3.57. The number of carbonyl (C=O) groups excluding carboxylic acids is 1. The molecule has 1 amide bonds. The number of nitrogens with zero attached hydrogens (tertiary/aromatic N) is 2. The van der Waals surface area contributed by atoms with Crippen LogP contribution in [0.4, 0.5) is 5.69 Å². The number of hydrogen-bond acceptors (Lipinski definition) is 4. The van der Waals surface area contributed by atoms with Crippen molar-refractivity contribution in [3.8, 4) is 5.75 Å². The molecular formula is C24H22IN3O3. The highest BCUT2D eigenvalue weighted by atomic mass is 127. The zero-order chi connectivity index (χ0) is 21.8. The number of halogens is 1. The summed E-state index contributed by atoms with van der Waals surface area (Å²) in [6, 6.07) is 20.9. The summed E-state index contributed by atoms with van der Waals surface area (Å²) in [4.78, 5) is 12.6. The third kappa shape index (κ3) is 5.55. The largest absolute Gasteiger partial charge is 0.486 e. The number of benzene rings is 2. The maximum absolute atomic E-state index is 12.6. The molecule has 2 aromatic heterocycles. The highest BCUT2D eigenvalue weighted by Gasteiger charge is 2.12. The van der Waals surface area contributed by atoms with E-state index in [9.17, 15) is 4.79 Å². The minimum absolute atomic E-state index is 0.241. The van der Waals surface area contributed by atoms with E-state index < -0.39 is 0 Å². The van der Waals surface area contributed by atoms with Gasteiger partial charge in [-0.15, -0.1) is 0 Å². The molecule has 158 valence electrons. The van der Waals surface area contributed by atoms with E-state index in [2.05, 4.69) is 33.0 Å². The lowest BCUT2D eigenvalue weighted by Gasteiger charge is -2.08. The van der Waals surface area contributed by atoms with Crippen LogP contribution in [0.5, 0.6) is 5.75 Å². The zero-order valence-corrected chi connectivity index (χ0v) is 19.4. The fraction of sp³-hybridized carbons (Fsp3) is 0.167. The number of nitrogens with one attached hydrogen (secondary N) is 1. The van der Waals surface area contributed by atoms with Crippen LogP contribution in [0.2, 0.25) is 0 Å². The van der Waals surface area contributed by atoms with Crippen molar-refractivity contribution in [1.29, 1.82) is 0 Å². The minimum Gasteiger partial charge on any atom is -0.486 e. The van der Waals surface area contributed by atoms with Gasteiger partial charge < -0.3 is 14.5 Å². The standard InChI is InChI=1S/C24H22IN3O3/c1-16-12-17(2)28(27-16)14-18-4-3-5-20(13-18)26-24(29)23-11-10-22(31-23)15-30-21-8-6-19(25)7-9-21/h3-13H,14-15H2,1-2H3,(H,26,29). The molecule has 2 aromatic carbocycles. The van der Waals surface area contributed by atoms with Crippen LogP contribution in [0, 0.1) is 17.4 Å². The third-order valence-corrected chi connectivity index (χ3v) is 5.42. The van der Waals surface area contributed by atoms with Crippen molar-refractivity contribution in [3.63, 3.8) is 0 Å². The predicted molar refractivity (Wildman–Crippen MR) is 127 cm³/mol. The molecule has 0 saturated carbocycles. The van der Waals surface area contributed by atoms with Gasteiger partial charge in [0.05, 0.1) is 12.2 Å². The molecule has 0 unspecified atom stereocenters. The predicted octanol–water partition coefficient (Wildman–Crippen LogP) is 5.58. The molecule has 0 aliphatic rings. The molecule has 31 heavy (non-hydrogen) atoms.